The van der Waals surface area contributed by atoms with Crippen molar-refractivity contribution in [3.8, 4) is 0 Å². The van der Waals surface area contributed by atoms with Crippen LogP contribution in [0.5, 0.6) is 0 Å². The number of fused-ring (bicyclic) bond motifs is 1. The zero-order valence-corrected chi connectivity index (χ0v) is 19.0. The van der Waals surface area contributed by atoms with Gasteiger partial charge in [0.2, 0.25) is 0 Å². The molecular weight excluding hydrogens is 410 g/mol. The Balaban J connectivity index is 2.18. The Labute approximate surface area is 180 Å². The number of aliphatic hydroxyl groups excluding tert-OH is 1. The number of carbonyl (C=O) groups excluding carboxylic acids is 1. The van der Waals surface area contributed by atoms with E-state index in [1.165, 1.54) is 7.11 Å². The van der Waals surface area contributed by atoms with E-state index in [0.29, 0.717) is 65.2 Å². The molecule has 2 aromatic rings. The van der Waals surface area contributed by atoms with Crippen LogP contribution in [0.3, 0.4) is 0 Å². The highest BCUT2D eigenvalue weighted by molar-refractivity contribution is 7.20. The van der Waals surface area contributed by atoms with Crippen molar-refractivity contribution in [3.05, 3.63) is 26.6 Å². The minimum atomic E-state index is -0.675. The molecule has 0 saturated heterocycles. The first-order valence-corrected chi connectivity index (χ1v) is 10.7. The molecule has 30 heavy (non-hydrogen) atoms. The summed E-state index contributed by atoms with van der Waals surface area (Å²) in [4.78, 5) is 34.7. The lowest BCUT2D eigenvalue weighted by molar-refractivity contribution is 0.00296. The first-order valence-electron chi connectivity index (χ1n) is 9.84. The summed E-state index contributed by atoms with van der Waals surface area (Å²) >= 11 is 1.14. The zero-order valence-electron chi connectivity index (χ0n) is 18.2. The number of rotatable bonds is 12. The monoisotopic (exact) mass is 441 g/mol. The molecule has 0 aliphatic carbocycles. The lowest BCUT2D eigenvalue weighted by Gasteiger charge is -2.24. The molecule has 168 valence electrons. The number of aliphatic hydroxyl groups is 1. The van der Waals surface area contributed by atoms with E-state index in [4.69, 9.17) is 14.2 Å². The topological polar surface area (TPSA) is 114 Å². The van der Waals surface area contributed by atoms with Gasteiger partial charge < -0.3 is 24.3 Å². The molecule has 0 unspecified atom stereocenters. The normalized spacial score (nSPS) is 12.8. The molecule has 1 atom stereocenters. The van der Waals surface area contributed by atoms with Crippen molar-refractivity contribution in [1.29, 1.82) is 0 Å². The van der Waals surface area contributed by atoms with Crippen LogP contribution in [0.1, 0.15) is 34.9 Å². The highest BCUT2D eigenvalue weighted by atomic mass is 32.1. The van der Waals surface area contributed by atoms with Gasteiger partial charge in [0.05, 0.1) is 38.4 Å². The minimum absolute atomic E-state index is 0.233. The summed E-state index contributed by atoms with van der Waals surface area (Å²) in [5, 5.41) is 10.7. The van der Waals surface area contributed by atoms with Gasteiger partial charge >= 0.3 is 5.97 Å². The van der Waals surface area contributed by atoms with E-state index in [-0.39, 0.29) is 12.2 Å². The van der Waals surface area contributed by atoms with E-state index in [0.717, 1.165) is 11.3 Å². The predicted octanol–water partition coefficient (Wildman–Crippen LogP) is 1.56. The van der Waals surface area contributed by atoms with Crippen LogP contribution in [0.15, 0.2) is 4.79 Å². The smallest absolute Gasteiger partial charge is 0.348 e. The Morgan fingerprint density at radius 2 is 2.03 bits per heavy atom. The van der Waals surface area contributed by atoms with Crippen LogP contribution < -0.4 is 5.56 Å². The quantitative estimate of drug-likeness (QED) is 0.477. The zero-order chi connectivity index (χ0) is 22.3. The van der Waals surface area contributed by atoms with Gasteiger partial charge in [0.1, 0.15) is 15.5 Å². The van der Waals surface area contributed by atoms with E-state index in [9.17, 15) is 14.7 Å². The molecule has 0 saturated carbocycles. The second-order valence-electron chi connectivity index (χ2n) is 7.55. The number of methoxy groups -OCH3 is 2. The van der Waals surface area contributed by atoms with E-state index in [2.05, 4.69) is 9.97 Å². The van der Waals surface area contributed by atoms with Gasteiger partial charge in [0.25, 0.3) is 5.56 Å². The molecule has 2 N–H and O–H groups in total. The predicted molar refractivity (Wildman–Crippen MR) is 115 cm³/mol. The Hall–Kier alpha value is -1.85. The van der Waals surface area contributed by atoms with Crippen LogP contribution in [0.2, 0.25) is 0 Å². The van der Waals surface area contributed by atoms with Crippen LogP contribution in [0.25, 0.3) is 10.2 Å². The lowest BCUT2D eigenvalue weighted by Crippen LogP contribution is -2.37. The fraction of sp³-hybridized carbons (Fsp3) is 0.650. The maximum Gasteiger partial charge on any atom is 0.348 e. The number of aromatic amines is 1. The summed E-state index contributed by atoms with van der Waals surface area (Å²) in [6, 6.07) is 0. The molecule has 0 amide bonds. The molecule has 0 aliphatic rings. The van der Waals surface area contributed by atoms with Crippen molar-refractivity contribution < 1.29 is 24.1 Å². The third-order valence-corrected chi connectivity index (χ3v) is 5.60. The first kappa shape index (κ1) is 24.4. The van der Waals surface area contributed by atoms with Gasteiger partial charge in [-0.3, -0.25) is 9.69 Å². The van der Waals surface area contributed by atoms with Crippen LogP contribution in [0, 0.1) is 12.8 Å². The van der Waals surface area contributed by atoms with Gasteiger partial charge in [-0.25, -0.2) is 9.78 Å². The molecule has 0 radical (unpaired) electrons. The Morgan fingerprint density at radius 3 is 2.67 bits per heavy atom. The number of nitrogens with zero attached hydrogens (tertiary/aromatic N) is 2. The fourth-order valence-corrected chi connectivity index (χ4v) is 4.13. The summed E-state index contributed by atoms with van der Waals surface area (Å²) < 4.78 is 15.5. The second kappa shape index (κ2) is 11.5. The van der Waals surface area contributed by atoms with Gasteiger partial charge in [-0.15, -0.1) is 11.3 Å². The first-order chi connectivity index (χ1) is 14.3. The summed E-state index contributed by atoms with van der Waals surface area (Å²) in [5.74, 6) is 0.367. The van der Waals surface area contributed by atoms with Gasteiger partial charge in [-0.1, -0.05) is 13.8 Å². The SMILES string of the molecule is COCCN(Cc1nc2sc(C(=O)OC)c(C)c2c(=O)[nH]1)C[C@H](O)COCC(C)C. The molecule has 2 rings (SSSR count). The molecule has 0 aromatic carbocycles. The number of aryl methyl sites for hydroxylation is 1. The van der Waals surface area contributed by atoms with Gasteiger partial charge in [-0.2, -0.15) is 0 Å². The Bertz CT molecular complexity index is 895. The molecular formula is C20H31N3O6S. The van der Waals surface area contributed by atoms with Crippen molar-refractivity contribution >= 4 is 27.5 Å². The summed E-state index contributed by atoms with van der Waals surface area (Å²) in [6.45, 7) is 8.31. The average molecular weight is 442 g/mol. The fourth-order valence-electron chi connectivity index (χ4n) is 3.01. The van der Waals surface area contributed by atoms with Crippen molar-refractivity contribution in [2.45, 2.75) is 33.4 Å². The van der Waals surface area contributed by atoms with Crippen LogP contribution in [-0.4, -0.2) is 79.2 Å². The Morgan fingerprint density at radius 1 is 1.30 bits per heavy atom. The number of hydrogen-bond donors (Lipinski definition) is 2. The third-order valence-electron chi connectivity index (χ3n) is 4.44. The van der Waals surface area contributed by atoms with Crippen molar-refractivity contribution in [2.75, 3.05) is 47.1 Å². The van der Waals surface area contributed by atoms with E-state index in [1.54, 1.807) is 14.0 Å². The lowest BCUT2D eigenvalue weighted by atomic mass is 10.2. The largest absolute Gasteiger partial charge is 0.465 e. The number of ether oxygens (including phenoxy) is 3. The van der Waals surface area contributed by atoms with Gasteiger partial charge in [0.15, 0.2) is 0 Å². The molecule has 0 bridgehead atoms. The molecule has 0 fully saturated rings. The van der Waals surface area contributed by atoms with Crippen LogP contribution in [-0.2, 0) is 20.8 Å². The number of carbonyl (C=O) groups is 1. The van der Waals surface area contributed by atoms with E-state index in [1.807, 2.05) is 18.7 Å². The van der Waals surface area contributed by atoms with Crippen LogP contribution >= 0.6 is 11.3 Å². The molecule has 2 aromatic heterocycles. The van der Waals surface area contributed by atoms with Gasteiger partial charge in [0, 0.05) is 26.8 Å². The number of thiophene rings is 1. The highest BCUT2D eigenvalue weighted by Gasteiger charge is 2.21. The number of nitrogens with one attached hydrogen (secondary N) is 1. The maximum atomic E-state index is 12.6. The molecule has 0 spiro atoms. The van der Waals surface area contributed by atoms with Crippen molar-refractivity contribution in [2.24, 2.45) is 5.92 Å². The number of hydrogen-bond acceptors (Lipinski definition) is 9. The standard InChI is InChI=1S/C20H31N3O6S/c1-12(2)10-29-11-14(24)8-23(6-7-27-4)9-15-21-18(25)16-13(3)17(20(26)28-5)30-19(16)22-15/h12,14,24H,6-11H2,1-5H3,(H,21,22,25)/t14-/m0/s1. The van der Waals surface area contributed by atoms with E-state index < -0.39 is 12.1 Å². The minimum Gasteiger partial charge on any atom is -0.465 e. The summed E-state index contributed by atoms with van der Waals surface area (Å²) in [7, 11) is 2.91. The molecule has 9 nitrogen and oxygen atoms in total. The van der Waals surface area contributed by atoms with Crippen LogP contribution in [0.4, 0.5) is 0 Å². The Kier molecular flexibility index (Phi) is 9.37. The number of esters is 1. The van der Waals surface area contributed by atoms with Gasteiger partial charge in [-0.05, 0) is 18.4 Å². The second-order valence-corrected chi connectivity index (χ2v) is 8.55. The van der Waals surface area contributed by atoms with E-state index >= 15 is 0 Å². The molecule has 0 aliphatic heterocycles. The summed E-state index contributed by atoms with van der Waals surface area (Å²) in [5.41, 5.74) is 0.266. The highest BCUT2D eigenvalue weighted by Crippen LogP contribution is 2.27. The maximum absolute atomic E-state index is 12.6. The number of aromatic nitrogens is 2. The molecule has 10 heteroatoms. The molecule has 2 heterocycles. The van der Waals surface area contributed by atoms with Crippen molar-refractivity contribution in [3.63, 3.8) is 0 Å². The summed E-state index contributed by atoms with van der Waals surface area (Å²) in [6.07, 6.45) is -0.675. The average Bonchev–Trinajstić information content (AvgIpc) is 3.02. The number of H-pyrrole nitrogens is 1. The van der Waals surface area contributed by atoms with Crippen molar-refractivity contribution in [1.82, 2.24) is 14.9 Å². The third kappa shape index (κ3) is 6.58.